The van der Waals surface area contributed by atoms with Crippen molar-refractivity contribution < 1.29 is 18.7 Å². The molecular weight excluding hydrogens is 412 g/mol. The Balaban J connectivity index is 1.62. The number of hydrogen-bond acceptors (Lipinski definition) is 5. The summed E-state index contributed by atoms with van der Waals surface area (Å²) in [4.78, 5) is 31.2. The fourth-order valence-electron chi connectivity index (χ4n) is 4.08. The molecule has 1 unspecified atom stereocenters. The highest BCUT2D eigenvalue weighted by Crippen LogP contribution is 2.39. The first-order valence-corrected chi connectivity index (χ1v) is 11.2. The van der Waals surface area contributed by atoms with Crippen molar-refractivity contribution in [2.45, 2.75) is 19.4 Å². The average molecular weight is 439 g/mol. The molecule has 1 atom stereocenters. The number of rotatable bonds is 7. The standard InChI is InChI=1S/C24H26N2O4S/c1-17-6-3-4-7-18(17)23-19-10-15-31-21(19)9-11-26(23)22(27)16-25(12-14-29-2)24(28)20-8-5-13-30-20/h3-8,10,13,15,23H,9,11-12,14,16H2,1-2H3. The zero-order valence-electron chi connectivity index (χ0n) is 17.7. The van der Waals surface area contributed by atoms with E-state index in [1.807, 2.05) is 17.0 Å². The SMILES string of the molecule is COCCN(CC(=O)N1CCc2sccc2C1c1ccccc1C)C(=O)c1ccco1. The molecule has 0 radical (unpaired) electrons. The molecule has 3 aromatic rings. The lowest BCUT2D eigenvalue weighted by Gasteiger charge is -2.38. The molecule has 31 heavy (non-hydrogen) atoms. The second kappa shape index (κ2) is 9.49. The van der Waals surface area contributed by atoms with Gasteiger partial charge in [0.05, 0.1) is 18.9 Å². The maximum absolute atomic E-state index is 13.5. The molecule has 0 saturated carbocycles. The molecule has 0 fully saturated rings. The quantitative estimate of drug-likeness (QED) is 0.561. The van der Waals surface area contributed by atoms with E-state index in [0.29, 0.717) is 19.7 Å². The van der Waals surface area contributed by atoms with Gasteiger partial charge in [-0.25, -0.2) is 0 Å². The molecule has 2 amide bonds. The molecular formula is C24H26N2O4S. The van der Waals surface area contributed by atoms with Crippen LogP contribution in [0.3, 0.4) is 0 Å². The molecule has 2 aromatic heterocycles. The van der Waals surface area contributed by atoms with Crippen LogP contribution >= 0.6 is 11.3 Å². The zero-order valence-corrected chi connectivity index (χ0v) is 18.6. The summed E-state index contributed by atoms with van der Waals surface area (Å²) in [6, 6.07) is 13.4. The number of ether oxygens (including phenoxy) is 1. The molecule has 0 saturated heterocycles. The lowest BCUT2D eigenvalue weighted by atomic mass is 9.90. The average Bonchev–Trinajstić information content (AvgIpc) is 3.48. The molecule has 0 spiro atoms. The Kier molecular flexibility index (Phi) is 6.53. The van der Waals surface area contributed by atoms with Crippen LogP contribution in [-0.4, -0.2) is 55.0 Å². The van der Waals surface area contributed by atoms with Crippen molar-refractivity contribution in [2.75, 3.05) is 33.4 Å². The maximum atomic E-state index is 13.5. The summed E-state index contributed by atoms with van der Waals surface area (Å²) in [7, 11) is 1.58. The van der Waals surface area contributed by atoms with Gasteiger partial charge in [-0.3, -0.25) is 9.59 Å². The Labute approximate surface area is 186 Å². The van der Waals surface area contributed by atoms with E-state index < -0.39 is 0 Å². The molecule has 1 aromatic carbocycles. The highest BCUT2D eigenvalue weighted by molar-refractivity contribution is 7.10. The van der Waals surface area contributed by atoms with Gasteiger partial charge in [-0.1, -0.05) is 24.3 Å². The van der Waals surface area contributed by atoms with Gasteiger partial charge in [0.2, 0.25) is 5.91 Å². The molecule has 1 aliphatic rings. The predicted octanol–water partition coefficient (Wildman–Crippen LogP) is 3.91. The van der Waals surface area contributed by atoms with Gasteiger partial charge < -0.3 is 19.0 Å². The van der Waals surface area contributed by atoms with Crippen molar-refractivity contribution in [1.29, 1.82) is 0 Å². The number of amides is 2. The molecule has 7 heteroatoms. The Bertz CT molecular complexity index is 1040. The summed E-state index contributed by atoms with van der Waals surface area (Å²) < 4.78 is 10.4. The zero-order chi connectivity index (χ0) is 21.8. The molecule has 0 bridgehead atoms. The van der Waals surface area contributed by atoms with E-state index in [0.717, 1.165) is 17.5 Å². The highest BCUT2D eigenvalue weighted by Gasteiger charge is 2.34. The number of nitrogens with zero attached hydrogens (tertiary/aromatic N) is 2. The summed E-state index contributed by atoms with van der Waals surface area (Å²) in [5.41, 5.74) is 3.45. The molecule has 4 rings (SSSR count). The maximum Gasteiger partial charge on any atom is 0.290 e. The summed E-state index contributed by atoms with van der Waals surface area (Å²) in [6.07, 6.45) is 2.28. The normalized spacial score (nSPS) is 15.5. The second-order valence-corrected chi connectivity index (χ2v) is 8.59. The fourth-order valence-corrected chi connectivity index (χ4v) is 4.98. The van der Waals surface area contributed by atoms with E-state index in [1.54, 1.807) is 30.6 Å². The molecule has 0 aliphatic carbocycles. The largest absolute Gasteiger partial charge is 0.459 e. The minimum Gasteiger partial charge on any atom is -0.459 e. The number of methoxy groups -OCH3 is 1. The molecule has 0 N–H and O–H groups in total. The van der Waals surface area contributed by atoms with Crippen molar-refractivity contribution in [3.05, 3.63) is 81.4 Å². The van der Waals surface area contributed by atoms with Gasteiger partial charge in [0.25, 0.3) is 5.91 Å². The Hall–Kier alpha value is -2.90. The number of carbonyl (C=O) groups is 2. The third kappa shape index (κ3) is 4.43. The smallest absolute Gasteiger partial charge is 0.290 e. The van der Waals surface area contributed by atoms with Gasteiger partial charge in [-0.15, -0.1) is 11.3 Å². The fraction of sp³-hybridized carbons (Fsp3) is 0.333. The van der Waals surface area contributed by atoms with Crippen LogP contribution in [0.4, 0.5) is 0 Å². The number of thiophene rings is 1. The van der Waals surface area contributed by atoms with E-state index in [-0.39, 0.29) is 30.2 Å². The summed E-state index contributed by atoms with van der Waals surface area (Å²) in [6.45, 7) is 3.33. The summed E-state index contributed by atoms with van der Waals surface area (Å²) >= 11 is 1.74. The van der Waals surface area contributed by atoms with Gasteiger partial charge >= 0.3 is 0 Å². The van der Waals surface area contributed by atoms with Crippen molar-refractivity contribution in [3.63, 3.8) is 0 Å². The van der Waals surface area contributed by atoms with E-state index >= 15 is 0 Å². The van der Waals surface area contributed by atoms with Crippen molar-refractivity contribution in [1.82, 2.24) is 9.80 Å². The summed E-state index contributed by atoms with van der Waals surface area (Å²) in [5, 5.41) is 2.09. The van der Waals surface area contributed by atoms with Crippen molar-refractivity contribution in [3.8, 4) is 0 Å². The second-order valence-electron chi connectivity index (χ2n) is 7.59. The van der Waals surface area contributed by atoms with E-state index in [2.05, 4.69) is 30.5 Å². The van der Waals surface area contributed by atoms with Gasteiger partial charge in [-0.2, -0.15) is 0 Å². The number of furan rings is 1. The van der Waals surface area contributed by atoms with Gasteiger partial charge in [0.15, 0.2) is 5.76 Å². The predicted molar refractivity (Wildman–Crippen MR) is 119 cm³/mol. The summed E-state index contributed by atoms with van der Waals surface area (Å²) in [5.74, 6) is -0.171. The number of aryl methyl sites for hydroxylation is 1. The first-order valence-electron chi connectivity index (χ1n) is 10.3. The van der Waals surface area contributed by atoms with Crippen LogP contribution in [0.5, 0.6) is 0 Å². The topological polar surface area (TPSA) is 63.0 Å². The van der Waals surface area contributed by atoms with E-state index in [1.165, 1.54) is 21.6 Å². The lowest BCUT2D eigenvalue weighted by Crippen LogP contribution is -2.47. The van der Waals surface area contributed by atoms with Crippen LogP contribution in [0.1, 0.15) is 38.2 Å². The molecule has 3 heterocycles. The number of benzene rings is 1. The Morgan fingerprint density at radius 1 is 1.19 bits per heavy atom. The number of carbonyl (C=O) groups excluding carboxylic acids is 2. The van der Waals surface area contributed by atoms with E-state index in [9.17, 15) is 9.59 Å². The van der Waals surface area contributed by atoms with Crippen LogP contribution in [0.25, 0.3) is 0 Å². The Morgan fingerprint density at radius 3 is 2.77 bits per heavy atom. The molecule has 162 valence electrons. The Morgan fingerprint density at radius 2 is 2.03 bits per heavy atom. The first-order chi connectivity index (χ1) is 15.1. The molecule has 1 aliphatic heterocycles. The van der Waals surface area contributed by atoms with Gasteiger partial charge in [0.1, 0.15) is 6.54 Å². The number of hydrogen-bond donors (Lipinski definition) is 0. The number of fused-ring (bicyclic) bond motifs is 1. The van der Waals surface area contributed by atoms with Crippen LogP contribution in [0.15, 0.2) is 58.5 Å². The highest BCUT2D eigenvalue weighted by atomic mass is 32.1. The van der Waals surface area contributed by atoms with Crippen molar-refractivity contribution >= 4 is 23.2 Å². The molecule has 6 nitrogen and oxygen atoms in total. The van der Waals surface area contributed by atoms with Crippen molar-refractivity contribution in [2.24, 2.45) is 0 Å². The van der Waals surface area contributed by atoms with Gasteiger partial charge in [-0.05, 0) is 53.6 Å². The monoisotopic (exact) mass is 438 g/mol. The lowest BCUT2D eigenvalue weighted by molar-refractivity contribution is -0.134. The minimum atomic E-state index is -0.309. The van der Waals surface area contributed by atoms with Crippen LogP contribution in [-0.2, 0) is 16.0 Å². The first kappa shape index (κ1) is 21.3. The van der Waals surface area contributed by atoms with Crippen LogP contribution in [0, 0.1) is 6.92 Å². The minimum absolute atomic E-state index is 0.0231. The van der Waals surface area contributed by atoms with E-state index in [4.69, 9.17) is 9.15 Å². The van der Waals surface area contributed by atoms with Crippen LogP contribution in [0.2, 0.25) is 0 Å². The third-order valence-electron chi connectivity index (χ3n) is 5.68. The third-order valence-corrected chi connectivity index (χ3v) is 6.68. The van der Waals surface area contributed by atoms with Crippen LogP contribution < -0.4 is 0 Å². The van der Waals surface area contributed by atoms with Gasteiger partial charge in [0, 0.05) is 25.1 Å².